The minimum absolute atomic E-state index is 0.00525. The molecule has 36 heavy (non-hydrogen) atoms. The highest BCUT2D eigenvalue weighted by Gasteiger charge is 2.40. The van der Waals surface area contributed by atoms with Crippen molar-refractivity contribution in [2.75, 3.05) is 26.3 Å². The van der Waals surface area contributed by atoms with E-state index < -0.39 is 29.5 Å². The topological polar surface area (TPSA) is 84.9 Å². The van der Waals surface area contributed by atoms with Gasteiger partial charge in [-0.25, -0.2) is 18.4 Å². The summed E-state index contributed by atoms with van der Waals surface area (Å²) in [4.78, 5) is 40.0. The van der Waals surface area contributed by atoms with Crippen LogP contribution < -0.4 is 5.32 Å². The van der Waals surface area contributed by atoms with Crippen LogP contribution in [0.5, 0.6) is 0 Å². The quantitative estimate of drug-likeness (QED) is 0.539. The minimum Gasteiger partial charge on any atom is -0.462 e. The Bertz CT molecular complexity index is 1110. The number of esters is 2. The van der Waals surface area contributed by atoms with Crippen LogP contribution in [0, 0.1) is 17.6 Å². The van der Waals surface area contributed by atoms with Crippen molar-refractivity contribution in [3.8, 4) is 0 Å². The molecule has 2 heterocycles. The summed E-state index contributed by atoms with van der Waals surface area (Å²) in [6.07, 6.45) is 5.36. The molecule has 7 nitrogen and oxygen atoms in total. The summed E-state index contributed by atoms with van der Waals surface area (Å²) in [7, 11) is 0. The fourth-order valence-corrected chi connectivity index (χ4v) is 5.30. The van der Waals surface area contributed by atoms with Gasteiger partial charge in [-0.1, -0.05) is 25.0 Å². The number of dihydropyridines is 1. The van der Waals surface area contributed by atoms with Gasteiger partial charge in [0.1, 0.15) is 6.61 Å². The van der Waals surface area contributed by atoms with Gasteiger partial charge in [0.25, 0.3) is 0 Å². The standard InChI is InChI=1S/C27H32F2N2O5/c1-16-22(26(33)35-14-13-31-12-6-11-21(31)32)24(19-9-5-10-20(28)25(19)29)23(17(2)30-16)27(34)36-15-18-7-3-4-8-18/h5,9-10,18,24,30H,3-4,6-8,11-15H2,1-2H3. The number of benzene rings is 1. The van der Waals surface area contributed by atoms with Gasteiger partial charge in [-0.3, -0.25) is 4.79 Å². The fraction of sp³-hybridized carbons (Fsp3) is 0.519. The summed E-state index contributed by atoms with van der Waals surface area (Å²) in [5.74, 6) is -4.61. The van der Waals surface area contributed by atoms with E-state index in [0.29, 0.717) is 24.4 Å². The molecule has 1 amide bonds. The van der Waals surface area contributed by atoms with Gasteiger partial charge >= 0.3 is 11.9 Å². The zero-order valence-electron chi connectivity index (χ0n) is 20.7. The first-order chi connectivity index (χ1) is 17.3. The van der Waals surface area contributed by atoms with Crippen LogP contribution >= 0.6 is 0 Å². The van der Waals surface area contributed by atoms with Gasteiger partial charge in [0, 0.05) is 29.9 Å². The molecule has 1 atom stereocenters. The van der Waals surface area contributed by atoms with Gasteiger partial charge in [-0.2, -0.15) is 0 Å². The molecule has 1 N–H and O–H groups in total. The van der Waals surface area contributed by atoms with E-state index in [9.17, 15) is 18.8 Å². The Balaban J connectivity index is 1.61. The van der Waals surface area contributed by atoms with Gasteiger partial charge in [0.15, 0.2) is 11.6 Å². The molecule has 2 fully saturated rings. The first kappa shape index (κ1) is 25.9. The third-order valence-electron chi connectivity index (χ3n) is 7.18. The number of rotatable bonds is 8. The van der Waals surface area contributed by atoms with Crippen LogP contribution in [0.15, 0.2) is 40.7 Å². The number of carbonyl (C=O) groups is 3. The molecule has 1 saturated heterocycles. The zero-order chi connectivity index (χ0) is 25.8. The van der Waals surface area contributed by atoms with E-state index in [4.69, 9.17) is 9.47 Å². The van der Waals surface area contributed by atoms with Crippen molar-refractivity contribution in [2.24, 2.45) is 5.92 Å². The van der Waals surface area contributed by atoms with Crippen LogP contribution in [0.25, 0.3) is 0 Å². The monoisotopic (exact) mass is 502 g/mol. The minimum atomic E-state index is -1.21. The Labute approximate surface area is 209 Å². The average Bonchev–Trinajstić information content (AvgIpc) is 3.50. The van der Waals surface area contributed by atoms with Crippen molar-refractivity contribution in [1.29, 1.82) is 0 Å². The highest BCUT2D eigenvalue weighted by molar-refractivity contribution is 6.00. The highest BCUT2D eigenvalue weighted by Crippen LogP contribution is 2.41. The number of hydrogen-bond donors (Lipinski definition) is 1. The molecule has 0 radical (unpaired) electrons. The smallest absolute Gasteiger partial charge is 0.336 e. The lowest BCUT2D eigenvalue weighted by molar-refractivity contribution is -0.142. The van der Waals surface area contributed by atoms with E-state index in [0.717, 1.165) is 38.2 Å². The van der Waals surface area contributed by atoms with Crippen molar-refractivity contribution in [3.05, 3.63) is 57.9 Å². The molecular formula is C27H32F2N2O5. The molecular weight excluding hydrogens is 470 g/mol. The van der Waals surface area contributed by atoms with Crippen molar-refractivity contribution < 1.29 is 32.6 Å². The third-order valence-corrected chi connectivity index (χ3v) is 7.18. The SMILES string of the molecule is CC1=C(C(=O)OCCN2CCCC2=O)C(c2cccc(F)c2F)C(C(=O)OCC2CCCC2)=C(C)N1. The summed E-state index contributed by atoms with van der Waals surface area (Å²) >= 11 is 0. The van der Waals surface area contributed by atoms with Gasteiger partial charge < -0.3 is 19.7 Å². The van der Waals surface area contributed by atoms with Crippen molar-refractivity contribution in [1.82, 2.24) is 10.2 Å². The van der Waals surface area contributed by atoms with Crippen LogP contribution in [-0.2, 0) is 23.9 Å². The van der Waals surface area contributed by atoms with E-state index in [1.807, 2.05) is 0 Å². The highest BCUT2D eigenvalue weighted by atomic mass is 19.2. The normalized spacial score (nSPS) is 20.7. The first-order valence-corrected chi connectivity index (χ1v) is 12.5. The second kappa shape index (κ2) is 11.2. The Morgan fingerprint density at radius 1 is 1.03 bits per heavy atom. The summed E-state index contributed by atoms with van der Waals surface area (Å²) < 4.78 is 40.4. The predicted octanol–water partition coefficient (Wildman–Crippen LogP) is 4.10. The maximum absolute atomic E-state index is 15.1. The molecule has 1 unspecified atom stereocenters. The van der Waals surface area contributed by atoms with Gasteiger partial charge in [0.05, 0.1) is 30.2 Å². The van der Waals surface area contributed by atoms with Crippen LogP contribution in [0.1, 0.15) is 63.9 Å². The Morgan fingerprint density at radius 2 is 1.69 bits per heavy atom. The van der Waals surface area contributed by atoms with Crippen LogP contribution in [0.2, 0.25) is 0 Å². The second-order valence-electron chi connectivity index (χ2n) is 9.65. The zero-order valence-corrected chi connectivity index (χ0v) is 20.7. The second-order valence-corrected chi connectivity index (χ2v) is 9.65. The number of ether oxygens (including phenoxy) is 2. The van der Waals surface area contributed by atoms with E-state index in [-0.39, 0.29) is 48.3 Å². The van der Waals surface area contributed by atoms with Crippen molar-refractivity contribution in [2.45, 2.75) is 58.3 Å². The number of nitrogens with one attached hydrogen (secondary N) is 1. The van der Waals surface area contributed by atoms with Gasteiger partial charge in [-0.15, -0.1) is 0 Å². The largest absolute Gasteiger partial charge is 0.462 e. The lowest BCUT2D eigenvalue weighted by Gasteiger charge is -2.31. The number of halogens is 2. The molecule has 4 rings (SSSR count). The Hall–Kier alpha value is -3.23. The molecule has 3 aliphatic rings. The van der Waals surface area contributed by atoms with Crippen LogP contribution in [-0.4, -0.2) is 49.0 Å². The van der Waals surface area contributed by atoms with Crippen LogP contribution in [0.3, 0.4) is 0 Å². The number of nitrogens with zero attached hydrogens (tertiary/aromatic N) is 1. The summed E-state index contributed by atoms with van der Waals surface area (Å²) in [6, 6.07) is 3.68. The fourth-order valence-electron chi connectivity index (χ4n) is 5.30. The molecule has 0 aromatic heterocycles. The first-order valence-electron chi connectivity index (χ1n) is 12.5. The number of likely N-dealkylation sites (tertiary alicyclic amines) is 1. The van der Waals surface area contributed by atoms with Crippen LogP contribution in [0.4, 0.5) is 8.78 Å². The molecule has 1 aliphatic carbocycles. The third kappa shape index (κ3) is 5.44. The maximum atomic E-state index is 15.1. The number of allylic oxidation sites excluding steroid dienone is 2. The summed E-state index contributed by atoms with van der Waals surface area (Å²) in [5.41, 5.74) is 0.674. The van der Waals surface area contributed by atoms with E-state index in [1.54, 1.807) is 18.7 Å². The predicted molar refractivity (Wildman–Crippen MR) is 127 cm³/mol. The summed E-state index contributed by atoms with van der Waals surface area (Å²) in [5, 5.41) is 3.02. The number of amides is 1. The molecule has 0 spiro atoms. The Kier molecular flexibility index (Phi) is 8.06. The molecule has 9 heteroatoms. The Morgan fingerprint density at radius 3 is 2.33 bits per heavy atom. The molecule has 194 valence electrons. The van der Waals surface area contributed by atoms with Gasteiger partial charge in [-0.05, 0) is 45.1 Å². The molecule has 1 aromatic rings. The number of carbonyl (C=O) groups excluding carboxylic acids is 3. The van der Waals surface area contributed by atoms with Crippen molar-refractivity contribution in [3.63, 3.8) is 0 Å². The van der Waals surface area contributed by atoms with E-state index in [2.05, 4.69) is 5.32 Å². The molecule has 1 aromatic carbocycles. The van der Waals surface area contributed by atoms with E-state index >= 15 is 4.39 Å². The summed E-state index contributed by atoms with van der Waals surface area (Å²) in [6.45, 7) is 4.30. The number of hydrogen-bond acceptors (Lipinski definition) is 6. The average molecular weight is 503 g/mol. The lowest BCUT2D eigenvalue weighted by Crippen LogP contribution is -2.34. The lowest BCUT2D eigenvalue weighted by atomic mass is 9.80. The van der Waals surface area contributed by atoms with Crippen molar-refractivity contribution >= 4 is 17.8 Å². The maximum Gasteiger partial charge on any atom is 0.336 e. The molecule has 2 aliphatic heterocycles. The molecule has 1 saturated carbocycles. The molecule has 0 bridgehead atoms. The van der Waals surface area contributed by atoms with Gasteiger partial charge in [0.2, 0.25) is 5.91 Å². The van der Waals surface area contributed by atoms with E-state index in [1.165, 1.54) is 12.1 Å².